The summed E-state index contributed by atoms with van der Waals surface area (Å²) in [5.41, 5.74) is 0.524. The van der Waals surface area contributed by atoms with Crippen LogP contribution in [-0.4, -0.2) is 50.3 Å². The highest BCUT2D eigenvalue weighted by Gasteiger charge is 2.35. The third kappa shape index (κ3) is 3.69. The van der Waals surface area contributed by atoms with E-state index >= 15 is 0 Å². The highest BCUT2D eigenvalue weighted by molar-refractivity contribution is 4.90. The first-order valence-electron chi connectivity index (χ1n) is 7.51. The van der Waals surface area contributed by atoms with E-state index in [9.17, 15) is 0 Å². The second-order valence-corrected chi connectivity index (χ2v) is 7.00. The zero-order chi connectivity index (χ0) is 13.2. The number of hydrogen-bond donors (Lipinski definition) is 1. The number of hydrogen-bond acceptors (Lipinski definition) is 3. The Morgan fingerprint density at radius 1 is 1.39 bits per heavy atom. The number of rotatable bonds is 3. The van der Waals surface area contributed by atoms with Gasteiger partial charge in [-0.1, -0.05) is 13.8 Å². The second kappa shape index (κ2) is 5.89. The third-order valence-electron chi connectivity index (χ3n) is 4.70. The standard InChI is InChI=1S/C15H30N2O/c1-12-10-17(7-8-18-12)11-13-9-15(2,3)6-5-14(13)16-4/h12-14,16H,5-11H2,1-4H3. The van der Waals surface area contributed by atoms with Crippen molar-refractivity contribution in [2.24, 2.45) is 11.3 Å². The zero-order valence-corrected chi connectivity index (χ0v) is 12.5. The fraction of sp³-hybridized carbons (Fsp3) is 1.00. The molecule has 0 aromatic carbocycles. The molecular weight excluding hydrogens is 224 g/mol. The van der Waals surface area contributed by atoms with Gasteiger partial charge >= 0.3 is 0 Å². The Morgan fingerprint density at radius 3 is 2.83 bits per heavy atom. The maximum atomic E-state index is 5.63. The van der Waals surface area contributed by atoms with Crippen molar-refractivity contribution in [1.82, 2.24) is 10.2 Å². The average Bonchev–Trinajstić information content (AvgIpc) is 2.28. The molecule has 1 aliphatic heterocycles. The van der Waals surface area contributed by atoms with Crippen LogP contribution in [-0.2, 0) is 4.74 Å². The fourth-order valence-corrected chi connectivity index (χ4v) is 3.70. The Kier molecular flexibility index (Phi) is 4.68. The van der Waals surface area contributed by atoms with Gasteiger partial charge in [0.05, 0.1) is 12.7 Å². The Morgan fingerprint density at radius 2 is 2.17 bits per heavy atom. The Bertz CT molecular complexity index is 267. The van der Waals surface area contributed by atoms with Crippen molar-refractivity contribution in [3.63, 3.8) is 0 Å². The SMILES string of the molecule is CNC1CCC(C)(C)CC1CN1CCOC(C)C1. The van der Waals surface area contributed by atoms with E-state index in [2.05, 4.69) is 38.0 Å². The van der Waals surface area contributed by atoms with E-state index in [0.717, 1.165) is 25.6 Å². The van der Waals surface area contributed by atoms with Crippen molar-refractivity contribution in [2.75, 3.05) is 33.3 Å². The molecule has 1 N–H and O–H groups in total. The van der Waals surface area contributed by atoms with Gasteiger partial charge in [0, 0.05) is 25.7 Å². The molecule has 0 radical (unpaired) electrons. The largest absolute Gasteiger partial charge is 0.376 e. The van der Waals surface area contributed by atoms with E-state index in [1.807, 2.05) is 0 Å². The lowest BCUT2D eigenvalue weighted by Crippen LogP contribution is -2.50. The van der Waals surface area contributed by atoms with Crippen molar-refractivity contribution in [2.45, 2.75) is 52.2 Å². The predicted molar refractivity (Wildman–Crippen MR) is 75.8 cm³/mol. The minimum atomic E-state index is 0.406. The molecule has 1 heterocycles. The van der Waals surface area contributed by atoms with Crippen LogP contribution in [0.4, 0.5) is 0 Å². The summed E-state index contributed by atoms with van der Waals surface area (Å²) in [5, 5.41) is 3.53. The summed E-state index contributed by atoms with van der Waals surface area (Å²) >= 11 is 0. The molecule has 0 spiro atoms. The molecule has 3 unspecified atom stereocenters. The van der Waals surface area contributed by atoms with E-state index < -0.39 is 0 Å². The minimum Gasteiger partial charge on any atom is -0.376 e. The number of ether oxygens (including phenoxy) is 1. The molecular formula is C15H30N2O. The van der Waals surface area contributed by atoms with E-state index in [4.69, 9.17) is 4.74 Å². The van der Waals surface area contributed by atoms with E-state index in [0.29, 0.717) is 17.6 Å². The van der Waals surface area contributed by atoms with Crippen molar-refractivity contribution in [3.05, 3.63) is 0 Å². The molecule has 2 fully saturated rings. The lowest BCUT2D eigenvalue weighted by molar-refractivity contribution is -0.0300. The molecule has 3 heteroatoms. The summed E-state index contributed by atoms with van der Waals surface area (Å²) in [6.45, 7) is 11.4. The van der Waals surface area contributed by atoms with Crippen molar-refractivity contribution in [1.29, 1.82) is 0 Å². The van der Waals surface area contributed by atoms with Gasteiger partial charge in [0.2, 0.25) is 0 Å². The Balaban J connectivity index is 1.91. The van der Waals surface area contributed by atoms with Gasteiger partial charge in [-0.25, -0.2) is 0 Å². The van der Waals surface area contributed by atoms with Crippen molar-refractivity contribution < 1.29 is 4.74 Å². The van der Waals surface area contributed by atoms with Gasteiger partial charge in [0.25, 0.3) is 0 Å². The molecule has 0 bridgehead atoms. The van der Waals surface area contributed by atoms with Crippen LogP contribution in [0.2, 0.25) is 0 Å². The quantitative estimate of drug-likeness (QED) is 0.835. The molecule has 0 aromatic heterocycles. The summed E-state index contributed by atoms with van der Waals surface area (Å²) in [4.78, 5) is 2.60. The molecule has 3 atom stereocenters. The van der Waals surface area contributed by atoms with Crippen LogP contribution in [0.25, 0.3) is 0 Å². The first-order valence-corrected chi connectivity index (χ1v) is 7.51. The molecule has 2 aliphatic rings. The summed E-state index contributed by atoms with van der Waals surface area (Å²) in [5.74, 6) is 0.795. The molecule has 3 nitrogen and oxygen atoms in total. The van der Waals surface area contributed by atoms with E-state index in [-0.39, 0.29) is 0 Å². The maximum absolute atomic E-state index is 5.63. The normalized spacial score (nSPS) is 37.7. The van der Waals surface area contributed by atoms with Crippen LogP contribution in [0.5, 0.6) is 0 Å². The second-order valence-electron chi connectivity index (χ2n) is 7.00. The van der Waals surface area contributed by atoms with E-state index in [1.54, 1.807) is 0 Å². The molecule has 2 rings (SSSR count). The summed E-state index contributed by atoms with van der Waals surface area (Å²) in [6, 6.07) is 0.705. The van der Waals surface area contributed by atoms with Gasteiger partial charge in [0.15, 0.2) is 0 Å². The Hall–Kier alpha value is -0.120. The lowest BCUT2D eigenvalue weighted by atomic mass is 9.69. The van der Waals surface area contributed by atoms with Crippen LogP contribution < -0.4 is 5.32 Å². The molecule has 1 aliphatic carbocycles. The summed E-state index contributed by atoms with van der Waals surface area (Å²) in [6.07, 6.45) is 4.44. The van der Waals surface area contributed by atoms with Crippen LogP contribution in [0.15, 0.2) is 0 Å². The minimum absolute atomic E-state index is 0.406. The van der Waals surface area contributed by atoms with Gasteiger partial charge in [-0.3, -0.25) is 4.90 Å². The van der Waals surface area contributed by atoms with Crippen LogP contribution >= 0.6 is 0 Å². The maximum Gasteiger partial charge on any atom is 0.0674 e. The van der Waals surface area contributed by atoms with Gasteiger partial charge in [-0.05, 0) is 44.6 Å². The highest BCUT2D eigenvalue weighted by atomic mass is 16.5. The van der Waals surface area contributed by atoms with Crippen LogP contribution in [0, 0.1) is 11.3 Å². The molecule has 0 amide bonds. The summed E-state index contributed by atoms with van der Waals surface area (Å²) < 4.78 is 5.63. The fourth-order valence-electron chi connectivity index (χ4n) is 3.70. The zero-order valence-electron chi connectivity index (χ0n) is 12.5. The van der Waals surface area contributed by atoms with Gasteiger partial charge in [-0.2, -0.15) is 0 Å². The molecule has 1 saturated heterocycles. The molecule has 1 saturated carbocycles. The van der Waals surface area contributed by atoms with Crippen molar-refractivity contribution in [3.8, 4) is 0 Å². The topological polar surface area (TPSA) is 24.5 Å². The predicted octanol–water partition coefficient (Wildman–Crippen LogP) is 2.12. The van der Waals surface area contributed by atoms with Gasteiger partial charge < -0.3 is 10.1 Å². The Labute approximate surface area is 112 Å². The van der Waals surface area contributed by atoms with Gasteiger partial charge in [0.1, 0.15) is 0 Å². The van der Waals surface area contributed by atoms with Crippen LogP contribution in [0.3, 0.4) is 0 Å². The number of morpholine rings is 1. The lowest BCUT2D eigenvalue weighted by Gasteiger charge is -2.43. The van der Waals surface area contributed by atoms with Gasteiger partial charge in [-0.15, -0.1) is 0 Å². The monoisotopic (exact) mass is 254 g/mol. The van der Waals surface area contributed by atoms with E-state index in [1.165, 1.54) is 25.8 Å². The van der Waals surface area contributed by atoms with Crippen LogP contribution in [0.1, 0.15) is 40.0 Å². The third-order valence-corrected chi connectivity index (χ3v) is 4.70. The first kappa shape index (κ1) is 14.3. The first-order chi connectivity index (χ1) is 8.50. The molecule has 106 valence electrons. The smallest absolute Gasteiger partial charge is 0.0674 e. The summed E-state index contributed by atoms with van der Waals surface area (Å²) in [7, 11) is 2.12. The highest BCUT2D eigenvalue weighted by Crippen LogP contribution is 2.39. The average molecular weight is 254 g/mol. The molecule has 0 aromatic rings. The van der Waals surface area contributed by atoms with Crippen molar-refractivity contribution >= 4 is 0 Å². The number of nitrogens with zero attached hydrogens (tertiary/aromatic N) is 1. The molecule has 18 heavy (non-hydrogen) atoms. The number of nitrogens with one attached hydrogen (secondary N) is 1.